The maximum Gasteiger partial charge on any atom is 0.277 e. The third-order valence-electron chi connectivity index (χ3n) is 4.64. The first-order chi connectivity index (χ1) is 14.5. The molecule has 7 nitrogen and oxygen atoms in total. The molecule has 154 valence electrons. The lowest BCUT2D eigenvalue weighted by Crippen LogP contribution is -2.44. The Bertz CT molecular complexity index is 1070. The molecule has 1 saturated heterocycles. The fourth-order valence-electron chi connectivity index (χ4n) is 3.06. The summed E-state index contributed by atoms with van der Waals surface area (Å²) in [5.74, 6) is 1.43. The second-order valence-corrected chi connectivity index (χ2v) is 8.03. The first-order valence-corrected chi connectivity index (χ1v) is 10.6. The summed E-state index contributed by atoms with van der Waals surface area (Å²) in [6, 6.07) is 15.1. The number of hydrogen-bond acceptors (Lipinski definition) is 6. The first-order valence-electron chi connectivity index (χ1n) is 9.11. The number of halogens is 1. The van der Waals surface area contributed by atoms with E-state index in [4.69, 9.17) is 20.9 Å². The highest BCUT2D eigenvalue weighted by atomic mass is 35.5. The lowest BCUT2D eigenvalue weighted by atomic mass is 10.1. The van der Waals surface area contributed by atoms with Crippen LogP contribution in [0.3, 0.4) is 0 Å². The number of ether oxygens (including phenoxy) is 1. The van der Waals surface area contributed by atoms with E-state index in [1.54, 1.807) is 55.6 Å². The second-order valence-electron chi connectivity index (χ2n) is 6.60. The van der Waals surface area contributed by atoms with Crippen LogP contribution in [0.15, 0.2) is 59.1 Å². The second kappa shape index (κ2) is 8.81. The number of amides is 2. The molecule has 1 unspecified atom stereocenters. The Morgan fingerprint density at radius 2 is 2.03 bits per heavy atom. The van der Waals surface area contributed by atoms with E-state index in [1.165, 1.54) is 16.7 Å². The Morgan fingerprint density at radius 1 is 1.23 bits per heavy atom. The van der Waals surface area contributed by atoms with E-state index in [-0.39, 0.29) is 17.5 Å². The van der Waals surface area contributed by atoms with Crippen LogP contribution in [-0.2, 0) is 4.79 Å². The van der Waals surface area contributed by atoms with Crippen molar-refractivity contribution < 1.29 is 18.8 Å². The zero-order chi connectivity index (χ0) is 21.1. The van der Waals surface area contributed by atoms with Crippen molar-refractivity contribution in [1.29, 1.82) is 0 Å². The van der Waals surface area contributed by atoms with Crippen LogP contribution in [0.25, 0.3) is 11.3 Å². The number of hydrogen-bond donors (Lipinski definition) is 1. The van der Waals surface area contributed by atoms with Crippen LogP contribution in [0, 0.1) is 0 Å². The van der Waals surface area contributed by atoms with E-state index in [0.29, 0.717) is 33.8 Å². The fraction of sp³-hybridized carbons (Fsp3) is 0.190. The summed E-state index contributed by atoms with van der Waals surface area (Å²) in [6.45, 7) is 0. The summed E-state index contributed by atoms with van der Waals surface area (Å²) < 4.78 is 10.4. The molecule has 1 aliphatic heterocycles. The van der Waals surface area contributed by atoms with E-state index in [0.717, 1.165) is 5.56 Å². The van der Waals surface area contributed by atoms with Crippen molar-refractivity contribution in [3.63, 3.8) is 0 Å². The molecule has 9 heteroatoms. The van der Waals surface area contributed by atoms with Gasteiger partial charge in [0.05, 0.1) is 13.0 Å². The summed E-state index contributed by atoms with van der Waals surface area (Å²) >= 11 is 7.53. The summed E-state index contributed by atoms with van der Waals surface area (Å²) in [5.41, 5.74) is 1.50. The molecule has 0 saturated carbocycles. The van der Waals surface area contributed by atoms with Gasteiger partial charge in [0.15, 0.2) is 11.5 Å². The lowest BCUT2D eigenvalue weighted by molar-refractivity contribution is -0.119. The summed E-state index contributed by atoms with van der Waals surface area (Å²) in [4.78, 5) is 27.3. The normalized spacial score (nSPS) is 15.8. The van der Waals surface area contributed by atoms with Crippen molar-refractivity contribution in [2.24, 2.45) is 0 Å². The zero-order valence-corrected chi connectivity index (χ0v) is 17.6. The van der Waals surface area contributed by atoms with Gasteiger partial charge in [-0.05, 0) is 36.4 Å². The first kappa shape index (κ1) is 20.3. The van der Waals surface area contributed by atoms with E-state index in [1.807, 2.05) is 6.07 Å². The molecule has 0 spiro atoms. The van der Waals surface area contributed by atoms with E-state index in [2.05, 4.69) is 10.5 Å². The smallest absolute Gasteiger partial charge is 0.277 e. The van der Waals surface area contributed by atoms with Gasteiger partial charge >= 0.3 is 0 Å². The number of carbonyl (C=O) groups is 2. The minimum Gasteiger partial charge on any atom is -0.497 e. The van der Waals surface area contributed by atoms with Gasteiger partial charge in [0, 0.05) is 28.1 Å². The molecule has 2 aromatic carbocycles. The van der Waals surface area contributed by atoms with Gasteiger partial charge in [-0.2, -0.15) is 0 Å². The minimum absolute atomic E-state index is 0.148. The highest BCUT2D eigenvalue weighted by Crippen LogP contribution is 2.27. The molecule has 0 aliphatic carbocycles. The third kappa shape index (κ3) is 4.29. The Kier molecular flexibility index (Phi) is 5.96. The molecule has 4 rings (SSSR count). The molecule has 1 aromatic heterocycles. The third-order valence-corrected chi connectivity index (χ3v) is 5.89. The number of rotatable bonds is 5. The van der Waals surface area contributed by atoms with Gasteiger partial charge in [0.25, 0.3) is 5.91 Å². The van der Waals surface area contributed by atoms with Gasteiger partial charge in [0.1, 0.15) is 11.8 Å². The van der Waals surface area contributed by atoms with Crippen molar-refractivity contribution in [2.75, 3.05) is 24.1 Å². The Labute approximate surface area is 182 Å². The number of benzene rings is 2. The van der Waals surface area contributed by atoms with Crippen molar-refractivity contribution in [1.82, 2.24) is 10.1 Å². The van der Waals surface area contributed by atoms with Crippen LogP contribution in [0.1, 0.15) is 10.5 Å². The van der Waals surface area contributed by atoms with E-state index in [9.17, 15) is 9.59 Å². The van der Waals surface area contributed by atoms with Crippen LogP contribution in [0.5, 0.6) is 5.75 Å². The molecule has 2 heterocycles. The zero-order valence-electron chi connectivity index (χ0n) is 16.0. The standard InChI is InChI=1S/C21H18ClN3O4S/c1-28-16-7-5-15(6-8-16)23-20(26)18-11-30-12-25(18)21(27)17-10-19(29-24-17)13-3-2-4-14(22)9-13/h2-10,18H,11-12H2,1H3,(H,23,26). The van der Waals surface area contributed by atoms with Gasteiger partial charge in [-0.15, -0.1) is 11.8 Å². The van der Waals surface area contributed by atoms with Crippen LogP contribution < -0.4 is 10.1 Å². The van der Waals surface area contributed by atoms with Crippen molar-refractivity contribution in [3.8, 4) is 17.1 Å². The molecule has 1 aliphatic rings. The maximum absolute atomic E-state index is 13.0. The molecule has 1 N–H and O–H groups in total. The van der Waals surface area contributed by atoms with Gasteiger partial charge in [-0.3, -0.25) is 9.59 Å². The Balaban J connectivity index is 1.47. The van der Waals surface area contributed by atoms with Crippen LogP contribution in [0.4, 0.5) is 5.69 Å². The largest absolute Gasteiger partial charge is 0.497 e. The molecular formula is C21H18ClN3O4S. The van der Waals surface area contributed by atoms with Gasteiger partial charge in [-0.1, -0.05) is 28.9 Å². The van der Waals surface area contributed by atoms with Crippen LogP contribution >= 0.6 is 23.4 Å². The predicted molar refractivity (Wildman–Crippen MR) is 116 cm³/mol. The molecule has 0 bridgehead atoms. The number of anilines is 1. The number of nitrogens with one attached hydrogen (secondary N) is 1. The van der Waals surface area contributed by atoms with Gasteiger partial charge in [0.2, 0.25) is 5.91 Å². The molecule has 2 amide bonds. The summed E-state index contributed by atoms with van der Waals surface area (Å²) in [5, 5.41) is 7.31. The Morgan fingerprint density at radius 3 is 2.77 bits per heavy atom. The summed E-state index contributed by atoms with van der Waals surface area (Å²) in [7, 11) is 1.58. The monoisotopic (exact) mass is 443 g/mol. The quantitative estimate of drug-likeness (QED) is 0.637. The highest BCUT2D eigenvalue weighted by molar-refractivity contribution is 7.99. The van der Waals surface area contributed by atoms with E-state index < -0.39 is 6.04 Å². The lowest BCUT2D eigenvalue weighted by Gasteiger charge is -2.22. The Hall–Kier alpha value is -2.97. The highest BCUT2D eigenvalue weighted by Gasteiger charge is 2.36. The van der Waals surface area contributed by atoms with Crippen molar-refractivity contribution in [3.05, 3.63) is 65.3 Å². The maximum atomic E-state index is 13.0. The van der Waals surface area contributed by atoms with E-state index >= 15 is 0 Å². The average molecular weight is 444 g/mol. The molecule has 1 fully saturated rings. The number of nitrogens with zero attached hydrogens (tertiary/aromatic N) is 2. The minimum atomic E-state index is -0.601. The molecule has 3 aromatic rings. The van der Waals surface area contributed by atoms with Crippen LogP contribution in [0.2, 0.25) is 5.02 Å². The number of aromatic nitrogens is 1. The topological polar surface area (TPSA) is 84.7 Å². The molecule has 1 atom stereocenters. The van der Waals surface area contributed by atoms with Crippen LogP contribution in [-0.4, -0.2) is 46.7 Å². The van der Waals surface area contributed by atoms with Crippen molar-refractivity contribution in [2.45, 2.75) is 6.04 Å². The van der Waals surface area contributed by atoms with Gasteiger partial charge in [-0.25, -0.2) is 0 Å². The number of methoxy groups -OCH3 is 1. The summed E-state index contributed by atoms with van der Waals surface area (Å²) in [6.07, 6.45) is 0. The molecule has 0 radical (unpaired) electrons. The SMILES string of the molecule is COc1ccc(NC(=O)C2CSCN2C(=O)c2cc(-c3cccc(Cl)c3)on2)cc1. The van der Waals surface area contributed by atoms with Crippen molar-refractivity contribution >= 4 is 40.9 Å². The predicted octanol–water partition coefficient (Wildman–Crippen LogP) is 4.16. The average Bonchev–Trinajstić information content (AvgIpc) is 3.44. The fourth-order valence-corrected chi connectivity index (χ4v) is 4.41. The van der Waals surface area contributed by atoms with Gasteiger partial charge < -0.3 is 19.5 Å². The number of carbonyl (C=O) groups excluding carboxylic acids is 2. The molecular weight excluding hydrogens is 426 g/mol. The molecule has 30 heavy (non-hydrogen) atoms. The number of thioether (sulfide) groups is 1.